The number of benzene rings is 1. The molecule has 0 aliphatic carbocycles. The largest absolute Gasteiger partial charge is 0.464 e. The quantitative estimate of drug-likeness (QED) is 0.624. The maximum Gasteiger partial charge on any atom is 0.319 e. The van der Waals surface area contributed by atoms with Gasteiger partial charge in [0, 0.05) is 15.8 Å². The van der Waals surface area contributed by atoms with Crippen molar-refractivity contribution in [3.8, 4) is 11.3 Å². The molecule has 0 fully saturated rings. The molecule has 24 heavy (non-hydrogen) atoms. The fourth-order valence-corrected chi connectivity index (χ4v) is 3.18. The summed E-state index contributed by atoms with van der Waals surface area (Å²) >= 11 is 7.39. The third-order valence-electron chi connectivity index (χ3n) is 3.33. The van der Waals surface area contributed by atoms with Crippen LogP contribution in [0.25, 0.3) is 11.3 Å². The van der Waals surface area contributed by atoms with Crippen LogP contribution in [0.5, 0.6) is 0 Å². The molecule has 0 bridgehead atoms. The molecule has 1 atom stereocenters. The first kappa shape index (κ1) is 16.6. The maximum absolute atomic E-state index is 11.9. The Kier molecular flexibility index (Phi) is 5.20. The summed E-state index contributed by atoms with van der Waals surface area (Å²) in [6.07, 6.45) is 0.805. The van der Waals surface area contributed by atoms with Gasteiger partial charge < -0.3 is 20.2 Å². The first-order chi connectivity index (χ1) is 11.6. The minimum atomic E-state index is -0.796. The van der Waals surface area contributed by atoms with E-state index < -0.39 is 12.1 Å². The molecule has 2 amide bonds. The molecule has 3 aromatic rings. The van der Waals surface area contributed by atoms with Gasteiger partial charge in [0.2, 0.25) is 0 Å². The molecule has 0 radical (unpaired) electrons. The van der Waals surface area contributed by atoms with Gasteiger partial charge in [-0.2, -0.15) is 0 Å². The Bertz CT molecular complexity index is 817. The minimum absolute atomic E-state index is 0.0917. The standard InChI is InChI=1S/C17H15ClN2O3S/c18-12-4-1-2-5-13(12)20-17(22)19-9-14(21)16-8-11(10-24-16)15-6-3-7-23-15/h1-8,10,14,21H,9H2,(H2,19,20,22). The lowest BCUT2D eigenvalue weighted by Crippen LogP contribution is -2.32. The normalized spacial score (nSPS) is 11.9. The predicted molar refractivity (Wildman–Crippen MR) is 95.5 cm³/mol. The molecule has 5 nitrogen and oxygen atoms in total. The summed E-state index contributed by atoms with van der Waals surface area (Å²) in [5, 5.41) is 17.8. The van der Waals surface area contributed by atoms with Crippen molar-refractivity contribution >= 4 is 34.7 Å². The number of aliphatic hydroxyl groups excluding tert-OH is 1. The van der Waals surface area contributed by atoms with Gasteiger partial charge >= 0.3 is 6.03 Å². The van der Waals surface area contributed by atoms with E-state index in [-0.39, 0.29) is 6.54 Å². The van der Waals surface area contributed by atoms with Crippen LogP contribution >= 0.6 is 22.9 Å². The van der Waals surface area contributed by atoms with Crippen LogP contribution in [0, 0.1) is 0 Å². The van der Waals surface area contributed by atoms with Gasteiger partial charge in [0.05, 0.1) is 23.5 Å². The zero-order chi connectivity index (χ0) is 16.9. The van der Waals surface area contributed by atoms with E-state index in [9.17, 15) is 9.90 Å². The number of thiophene rings is 1. The summed E-state index contributed by atoms with van der Waals surface area (Å²) in [6, 6.07) is 12.0. The molecule has 0 spiro atoms. The number of rotatable bonds is 5. The number of hydrogen-bond donors (Lipinski definition) is 3. The monoisotopic (exact) mass is 362 g/mol. The smallest absolute Gasteiger partial charge is 0.319 e. The highest BCUT2D eigenvalue weighted by Gasteiger charge is 2.14. The lowest BCUT2D eigenvalue weighted by Gasteiger charge is -2.12. The first-order valence-electron chi connectivity index (χ1n) is 7.23. The topological polar surface area (TPSA) is 74.5 Å². The SMILES string of the molecule is O=C(NCC(O)c1cc(-c2ccco2)cs1)Nc1ccccc1Cl. The van der Waals surface area contributed by atoms with Gasteiger partial charge in [-0.25, -0.2) is 4.79 Å². The number of furan rings is 1. The predicted octanol–water partition coefficient (Wildman–Crippen LogP) is 4.52. The number of hydrogen-bond acceptors (Lipinski definition) is 4. The van der Waals surface area contributed by atoms with Gasteiger partial charge in [-0.05, 0) is 30.3 Å². The average Bonchev–Trinajstić information content (AvgIpc) is 3.25. The number of urea groups is 1. The number of anilines is 1. The second kappa shape index (κ2) is 7.53. The number of amides is 2. The van der Waals surface area contributed by atoms with Gasteiger partial charge in [0.25, 0.3) is 0 Å². The van der Waals surface area contributed by atoms with E-state index >= 15 is 0 Å². The van der Waals surface area contributed by atoms with Gasteiger partial charge in [-0.15, -0.1) is 11.3 Å². The van der Waals surface area contributed by atoms with Crippen LogP contribution in [-0.4, -0.2) is 17.7 Å². The van der Waals surface area contributed by atoms with E-state index in [2.05, 4.69) is 10.6 Å². The number of halogens is 1. The Morgan fingerprint density at radius 3 is 2.88 bits per heavy atom. The molecule has 0 saturated carbocycles. The first-order valence-corrected chi connectivity index (χ1v) is 8.49. The Balaban J connectivity index is 1.55. The summed E-state index contributed by atoms with van der Waals surface area (Å²) in [4.78, 5) is 12.6. The van der Waals surface area contributed by atoms with Crippen LogP contribution in [0.1, 0.15) is 11.0 Å². The summed E-state index contributed by atoms with van der Waals surface area (Å²) in [5.41, 5.74) is 1.42. The van der Waals surface area contributed by atoms with Crippen molar-refractivity contribution in [3.05, 3.63) is 64.0 Å². The second-order valence-electron chi connectivity index (χ2n) is 5.05. The molecule has 1 aromatic carbocycles. The average molecular weight is 363 g/mol. The molecule has 2 heterocycles. The number of para-hydroxylation sites is 1. The van der Waals surface area contributed by atoms with Crippen molar-refractivity contribution < 1.29 is 14.3 Å². The highest BCUT2D eigenvalue weighted by atomic mass is 35.5. The molecule has 0 aliphatic heterocycles. The second-order valence-corrected chi connectivity index (χ2v) is 6.40. The fraction of sp³-hybridized carbons (Fsp3) is 0.118. The highest BCUT2D eigenvalue weighted by Crippen LogP contribution is 2.29. The van der Waals surface area contributed by atoms with Gasteiger partial charge in [0.1, 0.15) is 11.9 Å². The van der Waals surface area contributed by atoms with Gasteiger partial charge in [-0.3, -0.25) is 0 Å². The zero-order valence-electron chi connectivity index (χ0n) is 12.5. The number of nitrogens with one attached hydrogen (secondary N) is 2. The van der Waals surface area contributed by atoms with Gasteiger partial charge in [0.15, 0.2) is 0 Å². The Morgan fingerprint density at radius 2 is 2.12 bits per heavy atom. The molecule has 3 N–H and O–H groups in total. The molecule has 1 unspecified atom stereocenters. The van der Waals surface area contributed by atoms with Crippen molar-refractivity contribution in [1.29, 1.82) is 0 Å². The summed E-state index contributed by atoms with van der Waals surface area (Å²) < 4.78 is 5.32. The minimum Gasteiger partial charge on any atom is -0.464 e. The molecule has 3 rings (SSSR count). The Hall–Kier alpha value is -2.28. The van der Waals surface area contributed by atoms with Crippen molar-refractivity contribution in [2.24, 2.45) is 0 Å². The lowest BCUT2D eigenvalue weighted by molar-refractivity contribution is 0.178. The van der Waals surface area contributed by atoms with Crippen LogP contribution in [0.15, 0.2) is 58.5 Å². The lowest BCUT2D eigenvalue weighted by atomic mass is 10.2. The van der Waals surface area contributed by atoms with Crippen molar-refractivity contribution in [2.75, 3.05) is 11.9 Å². The van der Waals surface area contributed by atoms with Crippen LogP contribution in [0.2, 0.25) is 5.02 Å². The number of carbonyl (C=O) groups is 1. The third kappa shape index (κ3) is 3.97. The van der Waals surface area contributed by atoms with Crippen LogP contribution in [0.4, 0.5) is 10.5 Å². The third-order valence-corrected chi connectivity index (χ3v) is 4.70. The maximum atomic E-state index is 11.9. The van der Waals surface area contributed by atoms with E-state index in [1.54, 1.807) is 30.5 Å². The molecule has 2 aromatic heterocycles. The van der Waals surface area contributed by atoms with Crippen LogP contribution in [0.3, 0.4) is 0 Å². The number of aliphatic hydroxyl groups is 1. The molecular weight excluding hydrogens is 348 g/mol. The van der Waals surface area contributed by atoms with E-state index in [0.29, 0.717) is 10.7 Å². The summed E-state index contributed by atoms with van der Waals surface area (Å²) in [7, 11) is 0. The molecule has 0 aliphatic rings. The van der Waals surface area contributed by atoms with Crippen molar-refractivity contribution in [3.63, 3.8) is 0 Å². The van der Waals surface area contributed by atoms with E-state index in [0.717, 1.165) is 16.2 Å². The Labute approximate surface area is 147 Å². The zero-order valence-corrected chi connectivity index (χ0v) is 14.1. The number of carbonyl (C=O) groups excluding carboxylic acids is 1. The molecule has 0 saturated heterocycles. The van der Waals surface area contributed by atoms with Crippen LogP contribution < -0.4 is 10.6 Å². The van der Waals surface area contributed by atoms with Crippen molar-refractivity contribution in [1.82, 2.24) is 5.32 Å². The fourth-order valence-electron chi connectivity index (χ4n) is 2.12. The summed E-state index contributed by atoms with van der Waals surface area (Å²) in [5.74, 6) is 0.745. The van der Waals surface area contributed by atoms with Crippen molar-refractivity contribution in [2.45, 2.75) is 6.10 Å². The molecule has 124 valence electrons. The van der Waals surface area contributed by atoms with Crippen LogP contribution in [-0.2, 0) is 0 Å². The van der Waals surface area contributed by atoms with Gasteiger partial charge in [-0.1, -0.05) is 23.7 Å². The molecular formula is C17H15ClN2O3S. The van der Waals surface area contributed by atoms with E-state index in [4.69, 9.17) is 16.0 Å². The highest BCUT2D eigenvalue weighted by molar-refractivity contribution is 7.10. The van der Waals surface area contributed by atoms with E-state index in [1.165, 1.54) is 11.3 Å². The molecule has 7 heteroatoms. The van der Waals surface area contributed by atoms with E-state index in [1.807, 2.05) is 23.6 Å². The summed E-state index contributed by atoms with van der Waals surface area (Å²) in [6.45, 7) is 0.0917. The Morgan fingerprint density at radius 1 is 1.29 bits per heavy atom.